The quantitative estimate of drug-likeness (QED) is 0.841. The monoisotopic (exact) mass is 223 g/mol. The van der Waals surface area contributed by atoms with Crippen LogP contribution in [0.2, 0.25) is 0 Å². The molecular weight excluding hydrogens is 214 g/mol. The van der Waals surface area contributed by atoms with Gasteiger partial charge >= 0.3 is 5.22 Å². The first-order valence-electron chi connectivity index (χ1n) is 4.20. The molecule has 15 heavy (non-hydrogen) atoms. The van der Waals surface area contributed by atoms with Gasteiger partial charge in [0.15, 0.2) is 0 Å². The Labute approximate surface area is 87.1 Å². The number of rotatable bonds is 2. The minimum Gasteiger partial charge on any atom is -0.409 e. The maximum atomic E-state index is 11.3. The van der Waals surface area contributed by atoms with Crippen molar-refractivity contribution in [3.05, 3.63) is 30.3 Å². The van der Waals surface area contributed by atoms with Crippen LogP contribution in [0.15, 0.2) is 40.0 Å². The standard InChI is InChI=1S/C9H9N3O2S/c1-15(10,13)9-12-11-8(14-9)7-5-3-2-4-6-7/h2-6,10H,1H3/t15-/m1/s1. The zero-order chi connectivity index (χ0) is 10.9. The molecule has 0 spiro atoms. The van der Waals surface area contributed by atoms with Crippen molar-refractivity contribution in [2.45, 2.75) is 5.22 Å². The van der Waals surface area contributed by atoms with Crippen LogP contribution in [0.25, 0.3) is 11.5 Å². The van der Waals surface area contributed by atoms with E-state index >= 15 is 0 Å². The molecule has 1 aromatic carbocycles. The molecule has 6 heteroatoms. The fourth-order valence-corrected chi connectivity index (χ4v) is 1.50. The highest BCUT2D eigenvalue weighted by atomic mass is 32.2. The van der Waals surface area contributed by atoms with Crippen LogP contribution >= 0.6 is 0 Å². The van der Waals surface area contributed by atoms with Crippen LogP contribution in [-0.4, -0.2) is 20.7 Å². The number of aromatic nitrogens is 2. The Bertz CT molecular complexity index is 560. The molecule has 0 aliphatic heterocycles. The molecule has 0 aliphatic carbocycles. The van der Waals surface area contributed by atoms with Crippen LogP contribution in [0.1, 0.15) is 0 Å². The molecule has 0 fully saturated rings. The second-order valence-electron chi connectivity index (χ2n) is 3.08. The lowest BCUT2D eigenvalue weighted by Crippen LogP contribution is -1.94. The van der Waals surface area contributed by atoms with E-state index in [0.717, 1.165) is 5.56 Å². The van der Waals surface area contributed by atoms with Gasteiger partial charge in [-0.15, -0.1) is 5.10 Å². The van der Waals surface area contributed by atoms with E-state index in [1.807, 2.05) is 18.2 Å². The van der Waals surface area contributed by atoms with Crippen molar-refractivity contribution >= 4 is 9.73 Å². The molecule has 1 aromatic heterocycles. The number of hydrogen-bond donors (Lipinski definition) is 1. The molecule has 1 atom stereocenters. The molecule has 0 saturated heterocycles. The summed E-state index contributed by atoms with van der Waals surface area (Å²) in [6.45, 7) is 0. The molecule has 0 aliphatic rings. The molecule has 0 saturated carbocycles. The number of nitrogens with one attached hydrogen (secondary N) is 1. The van der Waals surface area contributed by atoms with Crippen molar-refractivity contribution in [3.8, 4) is 11.5 Å². The smallest absolute Gasteiger partial charge is 0.315 e. The van der Waals surface area contributed by atoms with Crippen LogP contribution in [-0.2, 0) is 9.73 Å². The van der Waals surface area contributed by atoms with E-state index in [-0.39, 0.29) is 11.1 Å². The first-order chi connectivity index (χ1) is 7.07. The van der Waals surface area contributed by atoms with Gasteiger partial charge in [-0.25, -0.2) is 8.99 Å². The third-order valence-corrected chi connectivity index (χ3v) is 2.59. The molecular formula is C9H9N3O2S. The number of benzene rings is 1. The topological polar surface area (TPSA) is 79.8 Å². The van der Waals surface area contributed by atoms with Crippen molar-refractivity contribution in [2.24, 2.45) is 0 Å². The van der Waals surface area contributed by atoms with E-state index in [1.165, 1.54) is 6.26 Å². The Kier molecular flexibility index (Phi) is 2.28. The molecule has 0 radical (unpaired) electrons. The van der Waals surface area contributed by atoms with Gasteiger partial charge in [-0.05, 0) is 12.1 Å². The number of nitrogens with zero attached hydrogens (tertiary/aromatic N) is 2. The normalized spacial score (nSPS) is 14.7. The fourth-order valence-electron chi connectivity index (χ4n) is 1.06. The Morgan fingerprint density at radius 3 is 2.47 bits per heavy atom. The largest absolute Gasteiger partial charge is 0.409 e. The summed E-state index contributed by atoms with van der Waals surface area (Å²) in [6, 6.07) is 9.15. The van der Waals surface area contributed by atoms with Gasteiger partial charge in [0.25, 0.3) is 0 Å². The van der Waals surface area contributed by atoms with Gasteiger partial charge in [-0.1, -0.05) is 23.3 Å². The maximum Gasteiger partial charge on any atom is 0.315 e. The van der Waals surface area contributed by atoms with E-state index in [2.05, 4.69) is 10.2 Å². The van der Waals surface area contributed by atoms with Gasteiger partial charge in [0.2, 0.25) is 5.89 Å². The summed E-state index contributed by atoms with van der Waals surface area (Å²) in [7, 11) is -2.93. The van der Waals surface area contributed by atoms with E-state index in [1.54, 1.807) is 12.1 Å². The van der Waals surface area contributed by atoms with Gasteiger partial charge in [-0.3, -0.25) is 0 Å². The predicted molar refractivity (Wildman–Crippen MR) is 54.8 cm³/mol. The summed E-state index contributed by atoms with van der Waals surface area (Å²) in [5.41, 5.74) is 0.750. The second-order valence-corrected chi connectivity index (χ2v) is 5.12. The average molecular weight is 223 g/mol. The summed E-state index contributed by atoms with van der Waals surface area (Å²) in [5, 5.41) is 7.18. The summed E-state index contributed by atoms with van der Waals surface area (Å²) < 4.78 is 23.7. The van der Waals surface area contributed by atoms with Crippen LogP contribution in [0.5, 0.6) is 0 Å². The Balaban J connectivity index is 2.46. The van der Waals surface area contributed by atoms with Gasteiger partial charge in [-0.2, -0.15) is 0 Å². The van der Waals surface area contributed by atoms with E-state index in [9.17, 15) is 4.21 Å². The second kappa shape index (κ2) is 3.47. The highest BCUT2D eigenvalue weighted by Crippen LogP contribution is 2.18. The van der Waals surface area contributed by atoms with Gasteiger partial charge in [0.05, 0.1) is 0 Å². The lowest BCUT2D eigenvalue weighted by atomic mass is 10.2. The van der Waals surface area contributed by atoms with Crippen LogP contribution in [0.3, 0.4) is 0 Å². The van der Waals surface area contributed by atoms with Crippen molar-refractivity contribution in [1.82, 2.24) is 10.2 Å². The SMILES string of the molecule is C[S@@](=N)(=O)c1nnc(-c2ccccc2)o1. The fraction of sp³-hybridized carbons (Fsp3) is 0.111. The van der Waals surface area contributed by atoms with Crippen molar-refractivity contribution in [2.75, 3.05) is 6.26 Å². The first kappa shape index (κ1) is 9.85. The Morgan fingerprint density at radius 1 is 1.27 bits per heavy atom. The third-order valence-electron chi connectivity index (χ3n) is 1.76. The van der Waals surface area contributed by atoms with Crippen LogP contribution in [0.4, 0.5) is 0 Å². The average Bonchev–Trinajstić information content (AvgIpc) is 2.67. The molecule has 0 unspecified atom stereocenters. The summed E-state index contributed by atoms with van der Waals surface area (Å²) >= 11 is 0. The molecule has 2 rings (SSSR count). The van der Waals surface area contributed by atoms with Crippen LogP contribution < -0.4 is 0 Å². The van der Waals surface area contributed by atoms with Crippen molar-refractivity contribution in [1.29, 1.82) is 4.78 Å². The summed E-state index contributed by atoms with van der Waals surface area (Å²) in [6.07, 6.45) is 1.25. The van der Waals surface area contributed by atoms with E-state index in [4.69, 9.17) is 9.20 Å². The van der Waals surface area contributed by atoms with Gasteiger partial charge in [0.1, 0.15) is 9.73 Å². The predicted octanol–water partition coefficient (Wildman–Crippen LogP) is 1.77. The van der Waals surface area contributed by atoms with E-state index in [0.29, 0.717) is 0 Å². The molecule has 1 heterocycles. The summed E-state index contributed by atoms with van der Waals surface area (Å²) in [5.74, 6) is 0.285. The third kappa shape index (κ3) is 2.04. The van der Waals surface area contributed by atoms with Crippen molar-refractivity contribution in [3.63, 3.8) is 0 Å². The van der Waals surface area contributed by atoms with Gasteiger partial charge < -0.3 is 4.42 Å². The van der Waals surface area contributed by atoms with Gasteiger partial charge in [0, 0.05) is 11.8 Å². The zero-order valence-electron chi connectivity index (χ0n) is 8.01. The highest BCUT2D eigenvalue weighted by molar-refractivity contribution is 7.91. The molecule has 2 aromatic rings. The van der Waals surface area contributed by atoms with Crippen molar-refractivity contribution < 1.29 is 8.63 Å². The zero-order valence-corrected chi connectivity index (χ0v) is 8.82. The Morgan fingerprint density at radius 2 is 1.93 bits per heavy atom. The van der Waals surface area contributed by atoms with Crippen LogP contribution in [0, 0.1) is 4.78 Å². The summed E-state index contributed by atoms with van der Waals surface area (Å²) in [4.78, 5) is 0. The first-order valence-corrected chi connectivity index (χ1v) is 6.17. The molecule has 0 amide bonds. The number of hydrogen-bond acceptors (Lipinski definition) is 5. The maximum absolute atomic E-state index is 11.3. The van der Waals surface area contributed by atoms with E-state index < -0.39 is 9.73 Å². The molecule has 1 N–H and O–H groups in total. The minimum atomic E-state index is -2.93. The molecule has 78 valence electrons. The minimum absolute atomic E-state index is 0.138. The molecule has 5 nitrogen and oxygen atoms in total. The lowest BCUT2D eigenvalue weighted by Gasteiger charge is -1.92. The highest BCUT2D eigenvalue weighted by Gasteiger charge is 2.13. The molecule has 0 bridgehead atoms. The Hall–Kier alpha value is -1.69. The lowest BCUT2D eigenvalue weighted by molar-refractivity contribution is 0.454.